The van der Waals surface area contributed by atoms with Gasteiger partial charge in [0.15, 0.2) is 11.5 Å². The van der Waals surface area contributed by atoms with Crippen LogP contribution in [-0.4, -0.2) is 14.2 Å². The van der Waals surface area contributed by atoms with Crippen molar-refractivity contribution in [3.05, 3.63) is 22.7 Å². The fraction of sp³-hybridized carbons (Fsp3) is 0.538. The summed E-state index contributed by atoms with van der Waals surface area (Å²) in [6, 6.07) is 3.65. The van der Waals surface area contributed by atoms with E-state index in [1.165, 1.54) is 0 Å². The monoisotopic (exact) mass is 293 g/mol. The van der Waals surface area contributed by atoms with Gasteiger partial charge in [0.2, 0.25) is 0 Å². The zero-order chi connectivity index (χ0) is 13.0. The van der Waals surface area contributed by atoms with Gasteiger partial charge in [0.05, 0.1) is 19.2 Å². The Labute approximate surface area is 120 Å². The SMILES string of the molecule is CCC(C)[C@@H](N)c1ccc(OC)c(OC)c1Cl.Cl. The van der Waals surface area contributed by atoms with E-state index < -0.39 is 0 Å². The summed E-state index contributed by atoms with van der Waals surface area (Å²) in [6.45, 7) is 4.22. The Hall–Kier alpha value is -0.640. The van der Waals surface area contributed by atoms with Crippen LogP contribution in [0.1, 0.15) is 31.9 Å². The first kappa shape index (κ1) is 17.4. The van der Waals surface area contributed by atoms with Gasteiger partial charge in [-0.2, -0.15) is 0 Å². The molecule has 0 heterocycles. The number of rotatable bonds is 5. The van der Waals surface area contributed by atoms with Crippen molar-refractivity contribution in [2.24, 2.45) is 11.7 Å². The molecule has 0 bridgehead atoms. The average Bonchev–Trinajstić information content (AvgIpc) is 2.36. The van der Waals surface area contributed by atoms with Crippen LogP contribution in [0.15, 0.2) is 12.1 Å². The van der Waals surface area contributed by atoms with Gasteiger partial charge >= 0.3 is 0 Å². The number of hydrogen-bond donors (Lipinski definition) is 1. The van der Waals surface area contributed by atoms with Crippen LogP contribution < -0.4 is 15.2 Å². The normalized spacial score (nSPS) is 13.4. The van der Waals surface area contributed by atoms with E-state index in [2.05, 4.69) is 13.8 Å². The molecule has 1 rings (SSSR count). The summed E-state index contributed by atoms with van der Waals surface area (Å²) >= 11 is 6.30. The summed E-state index contributed by atoms with van der Waals surface area (Å²) in [5.41, 5.74) is 7.09. The zero-order valence-corrected chi connectivity index (χ0v) is 12.8. The second-order valence-electron chi connectivity index (χ2n) is 4.12. The lowest BCUT2D eigenvalue weighted by atomic mass is 9.93. The summed E-state index contributed by atoms with van der Waals surface area (Å²) < 4.78 is 10.4. The molecule has 18 heavy (non-hydrogen) atoms. The molecule has 2 N–H and O–H groups in total. The molecule has 0 saturated carbocycles. The Morgan fingerprint density at radius 3 is 2.33 bits per heavy atom. The summed E-state index contributed by atoms with van der Waals surface area (Å²) in [7, 11) is 3.16. The number of ether oxygens (including phenoxy) is 2. The number of methoxy groups -OCH3 is 2. The van der Waals surface area contributed by atoms with E-state index in [4.69, 9.17) is 26.8 Å². The lowest BCUT2D eigenvalue weighted by Gasteiger charge is -2.21. The molecule has 0 aromatic heterocycles. The van der Waals surface area contributed by atoms with Crippen LogP contribution >= 0.6 is 24.0 Å². The summed E-state index contributed by atoms with van der Waals surface area (Å²) in [5, 5.41) is 0.541. The molecule has 0 aliphatic rings. The summed E-state index contributed by atoms with van der Waals surface area (Å²) in [4.78, 5) is 0. The minimum absolute atomic E-state index is 0. The molecule has 1 unspecified atom stereocenters. The molecular weight excluding hydrogens is 273 g/mol. The molecule has 0 spiro atoms. The smallest absolute Gasteiger partial charge is 0.179 e. The van der Waals surface area contributed by atoms with Gasteiger partial charge in [-0.15, -0.1) is 12.4 Å². The predicted molar refractivity (Wildman–Crippen MR) is 78.2 cm³/mol. The van der Waals surface area contributed by atoms with Crippen LogP contribution in [-0.2, 0) is 0 Å². The van der Waals surface area contributed by atoms with Crippen molar-refractivity contribution in [1.29, 1.82) is 0 Å². The molecule has 104 valence electrons. The van der Waals surface area contributed by atoms with Gasteiger partial charge in [0.25, 0.3) is 0 Å². The highest BCUT2D eigenvalue weighted by Crippen LogP contribution is 2.40. The lowest BCUT2D eigenvalue weighted by Crippen LogP contribution is -2.19. The molecule has 0 aliphatic heterocycles. The number of benzene rings is 1. The average molecular weight is 294 g/mol. The zero-order valence-electron chi connectivity index (χ0n) is 11.2. The van der Waals surface area contributed by atoms with Gasteiger partial charge in [0, 0.05) is 6.04 Å². The van der Waals surface area contributed by atoms with E-state index in [-0.39, 0.29) is 18.4 Å². The van der Waals surface area contributed by atoms with E-state index >= 15 is 0 Å². The topological polar surface area (TPSA) is 44.5 Å². The van der Waals surface area contributed by atoms with Crippen LogP contribution in [0.5, 0.6) is 11.5 Å². The maximum absolute atomic E-state index is 6.30. The molecule has 0 amide bonds. The highest BCUT2D eigenvalue weighted by Gasteiger charge is 2.20. The van der Waals surface area contributed by atoms with Gasteiger partial charge in [-0.05, 0) is 17.5 Å². The van der Waals surface area contributed by atoms with Crippen molar-refractivity contribution in [2.45, 2.75) is 26.3 Å². The van der Waals surface area contributed by atoms with Gasteiger partial charge in [-0.3, -0.25) is 0 Å². The third-order valence-corrected chi connectivity index (χ3v) is 3.52. The fourth-order valence-corrected chi connectivity index (χ4v) is 2.08. The first-order valence-corrected chi connectivity index (χ1v) is 6.10. The number of nitrogens with two attached hydrogens (primary N) is 1. The van der Waals surface area contributed by atoms with Gasteiger partial charge in [-0.1, -0.05) is 37.9 Å². The molecule has 1 aromatic carbocycles. The van der Waals surface area contributed by atoms with E-state index in [1.54, 1.807) is 14.2 Å². The van der Waals surface area contributed by atoms with Crippen LogP contribution in [0.2, 0.25) is 5.02 Å². The third kappa shape index (κ3) is 3.44. The van der Waals surface area contributed by atoms with Crippen LogP contribution in [0.3, 0.4) is 0 Å². The molecule has 2 atom stereocenters. The number of halogens is 2. The Morgan fingerprint density at radius 2 is 1.89 bits per heavy atom. The van der Waals surface area contributed by atoms with Crippen molar-refractivity contribution in [2.75, 3.05) is 14.2 Å². The van der Waals surface area contributed by atoms with E-state index in [0.717, 1.165) is 12.0 Å². The largest absolute Gasteiger partial charge is 0.493 e. The van der Waals surface area contributed by atoms with E-state index in [1.807, 2.05) is 12.1 Å². The van der Waals surface area contributed by atoms with E-state index in [9.17, 15) is 0 Å². The Morgan fingerprint density at radius 1 is 1.28 bits per heavy atom. The summed E-state index contributed by atoms with van der Waals surface area (Å²) in [6.07, 6.45) is 1.01. The molecule has 0 aliphatic carbocycles. The molecule has 0 fully saturated rings. The molecule has 1 aromatic rings. The quantitative estimate of drug-likeness (QED) is 0.897. The highest BCUT2D eigenvalue weighted by molar-refractivity contribution is 6.33. The Kier molecular flexibility index (Phi) is 7.45. The second kappa shape index (κ2) is 7.72. The second-order valence-corrected chi connectivity index (χ2v) is 4.49. The first-order valence-electron chi connectivity index (χ1n) is 5.72. The van der Waals surface area contributed by atoms with Gasteiger partial charge in [-0.25, -0.2) is 0 Å². The maximum atomic E-state index is 6.30. The van der Waals surface area contributed by atoms with Crippen molar-refractivity contribution in [3.8, 4) is 11.5 Å². The molecule has 5 heteroatoms. The van der Waals surface area contributed by atoms with Gasteiger partial charge in [0.1, 0.15) is 0 Å². The minimum atomic E-state index is -0.0905. The van der Waals surface area contributed by atoms with Crippen LogP contribution in [0, 0.1) is 5.92 Å². The third-order valence-electron chi connectivity index (χ3n) is 3.13. The molecular formula is C13H21Cl2NO2. The van der Waals surface area contributed by atoms with Crippen molar-refractivity contribution in [3.63, 3.8) is 0 Å². The minimum Gasteiger partial charge on any atom is -0.493 e. The molecule has 3 nitrogen and oxygen atoms in total. The Balaban J connectivity index is 0.00000289. The van der Waals surface area contributed by atoms with Crippen LogP contribution in [0.25, 0.3) is 0 Å². The Bertz CT molecular complexity index is 385. The fourth-order valence-electron chi connectivity index (χ4n) is 1.72. The standard InChI is InChI=1S/C13H20ClNO2.ClH/c1-5-8(2)12(15)9-6-7-10(16-3)13(17-4)11(9)14;/h6-8,12H,5,15H2,1-4H3;1H/t8?,12-;/m1./s1. The van der Waals surface area contributed by atoms with Crippen molar-refractivity contribution >= 4 is 24.0 Å². The number of hydrogen-bond acceptors (Lipinski definition) is 3. The van der Waals surface area contributed by atoms with Crippen molar-refractivity contribution < 1.29 is 9.47 Å². The molecule has 0 saturated heterocycles. The van der Waals surface area contributed by atoms with Gasteiger partial charge < -0.3 is 15.2 Å². The maximum Gasteiger partial charge on any atom is 0.179 e. The highest BCUT2D eigenvalue weighted by atomic mass is 35.5. The molecule has 0 radical (unpaired) electrons. The first-order chi connectivity index (χ1) is 8.06. The van der Waals surface area contributed by atoms with Crippen molar-refractivity contribution in [1.82, 2.24) is 0 Å². The van der Waals surface area contributed by atoms with Crippen LogP contribution in [0.4, 0.5) is 0 Å². The predicted octanol–water partition coefficient (Wildman–Crippen LogP) is 3.82. The lowest BCUT2D eigenvalue weighted by molar-refractivity contribution is 0.353. The summed E-state index contributed by atoms with van der Waals surface area (Å²) in [5.74, 6) is 1.54. The van der Waals surface area contributed by atoms with E-state index in [0.29, 0.717) is 22.4 Å².